The van der Waals surface area contributed by atoms with Crippen molar-refractivity contribution in [3.05, 3.63) is 100 Å². The highest BCUT2D eigenvalue weighted by Gasteiger charge is 2.33. The van der Waals surface area contributed by atoms with Crippen molar-refractivity contribution in [2.75, 3.05) is 20.3 Å². The summed E-state index contributed by atoms with van der Waals surface area (Å²) < 4.78 is 11.0. The van der Waals surface area contributed by atoms with E-state index in [1.165, 1.54) is 11.8 Å². The first-order chi connectivity index (χ1) is 16.7. The highest BCUT2D eigenvalue weighted by atomic mass is 32.2. The molecule has 7 heteroatoms. The summed E-state index contributed by atoms with van der Waals surface area (Å²) in [5.74, 6) is 0.596. The number of thioether (sulfide) groups is 1. The lowest BCUT2D eigenvalue weighted by atomic mass is 10.1. The average Bonchev–Trinajstić information content (AvgIpc) is 3.16. The zero-order chi connectivity index (χ0) is 23.8. The van der Waals surface area contributed by atoms with Gasteiger partial charge in [-0.25, -0.2) is 4.99 Å². The molecule has 1 saturated heterocycles. The molecule has 0 atom stereocenters. The molecule has 1 amide bonds. The molecule has 3 aromatic rings. The molecule has 0 aromatic heterocycles. The van der Waals surface area contributed by atoms with Crippen LogP contribution >= 0.6 is 11.8 Å². The number of ether oxygens (including phenoxy) is 2. The molecule has 1 fully saturated rings. The largest absolute Gasteiger partial charge is 0.489 e. The predicted octanol–water partition coefficient (Wildman–Crippen LogP) is 5.39. The zero-order valence-corrected chi connectivity index (χ0v) is 19.5. The minimum Gasteiger partial charge on any atom is -0.489 e. The fourth-order valence-corrected chi connectivity index (χ4v) is 4.34. The Labute approximate surface area is 203 Å². The molecule has 4 rings (SSSR count). The molecule has 0 radical (unpaired) electrons. The van der Waals surface area contributed by atoms with Gasteiger partial charge in [-0.3, -0.25) is 9.69 Å². The Balaban J connectivity index is 1.48. The van der Waals surface area contributed by atoms with Crippen molar-refractivity contribution in [1.82, 2.24) is 4.90 Å². The minimum atomic E-state index is -0.0924. The van der Waals surface area contributed by atoms with Gasteiger partial charge in [-0.2, -0.15) is 5.26 Å². The number of benzene rings is 3. The average molecular weight is 470 g/mol. The molecular weight excluding hydrogens is 446 g/mol. The normalized spacial score (nSPS) is 15.6. The number of hydrogen-bond acceptors (Lipinski definition) is 6. The van der Waals surface area contributed by atoms with Crippen LogP contribution in [0.25, 0.3) is 6.08 Å². The molecule has 0 saturated carbocycles. The lowest BCUT2D eigenvalue weighted by molar-refractivity contribution is -0.122. The Hall–Kier alpha value is -3.86. The summed E-state index contributed by atoms with van der Waals surface area (Å²) in [6.07, 6.45) is 1.86. The third kappa shape index (κ3) is 5.73. The van der Waals surface area contributed by atoms with Crippen LogP contribution in [0.3, 0.4) is 0 Å². The summed E-state index contributed by atoms with van der Waals surface area (Å²) in [6, 6.07) is 26.6. The SMILES string of the molecule is COCCN1C(=O)/C(=C\c2ccc(OCc3ccccc3C#N)cc2)SC1=Nc1ccccc1. The third-order valence-corrected chi connectivity index (χ3v) is 6.10. The number of amides is 1. The molecule has 34 heavy (non-hydrogen) atoms. The van der Waals surface area contributed by atoms with Crippen LogP contribution < -0.4 is 4.74 Å². The Morgan fingerprint density at radius 3 is 2.50 bits per heavy atom. The maximum atomic E-state index is 13.1. The number of aliphatic imine (C=N–C) groups is 1. The van der Waals surface area contributed by atoms with Gasteiger partial charge in [-0.05, 0) is 53.7 Å². The first-order valence-electron chi connectivity index (χ1n) is 10.7. The molecule has 170 valence electrons. The van der Waals surface area contributed by atoms with E-state index >= 15 is 0 Å². The van der Waals surface area contributed by atoms with E-state index in [1.807, 2.05) is 78.9 Å². The molecule has 0 spiro atoms. The van der Waals surface area contributed by atoms with Gasteiger partial charge in [0, 0.05) is 12.7 Å². The Morgan fingerprint density at radius 2 is 1.76 bits per heavy atom. The first-order valence-corrected chi connectivity index (χ1v) is 11.5. The molecule has 1 aliphatic rings. The lowest BCUT2D eigenvalue weighted by Gasteiger charge is -2.14. The maximum absolute atomic E-state index is 13.1. The molecule has 0 N–H and O–H groups in total. The van der Waals surface area contributed by atoms with E-state index in [0.29, 0.717) is 41.1 Å². The highest BCUT2D eigenvalue weighted by Crippen LogP contribution is 2.34. The molecule has 6 nitrogen and oxygen atoms in total. The standard InChI is InChI=1S/C27H23N3O3S/c1-32-16-15-30-26(31)25(34-27(30)29-23-9-3-2-4-10-23)17-20-11-13-24(14-12-20)33-19-22-8-6-5-7-21(22)18-28/h2-14,17H,15-16,19H2,1H3/b25-17+,29-27?. The second-order valence-electron chi connectivity index (χ2n) is 7.42. The molecule has 0 aliphatic carbocycles. The van der Waals surface area contributed by atoms with Gasteiger partial charge < -0.3 is 9.47 Å². The van der Waals surface area contributed by atoms with Crippen molar-refractivity contribution < 1.29 is 14.3 Å². The predicted molar refractivity (Wildman–Crippen MR) is 135 cm³/mol. The van der Waals surface area contributed by atoms with Crippen molar-refractivity contribution in [3.63, 3.8) is 0 Å². The van der Waals surface area contributed by atoms with E-state index in [0.717, 1.165) is 16.8 Å². The fourth-order valence-electron chi connectivity index (χ4n) is 3.31. The number of carbonyl (C=O) groups is 1. The van der Waals surface area contributed by atoms with Crippen molar-refractivity contribution in [3.8, 4) is 11.8 Å². The Kier molecular flexibility index (Phi) is 7.76. The number of para-hydroxylation sites is 1. The van der Waals surface area contributed by atoms with Crippen LogP contribution in [0.2, 0.25) is 0 Å². The van der Waals surface area contributed by atoms with Gasteiger partial charge in [0.25, 0.3) is 5.91 Å². The summed E-state index contributed by atoms with van der Waals surface area (Å²) in [4.78, 5) is 20.0. The minimum absolute atomic E-state index is 0.0924. The van der Waals surface area contributed by atoms with Gasteiger partial charge in [0.2, 0.25) is 0 Å². The van der Waals surface area contributed by atoms with Gasteiger partial charge in [0.05, 0.1) is 35.4 Å². The Morgan fingerprint density at radius 1 is 1.03 bits per heavy atom. The van der Waals surface area contributed by atoms with Gasteiger partial charge in [0.1, 0.15) is 12.4 Å². The first kappa shape index (κ1) is 23.3. The van der Waals surface area contributed by atoms with Crippen LogP contribution in [-0.2, 0) is 16.1 Å². The van der Waals surface area contributed by atoms with Crippen LogP contribution in [0.1, 0.15) is 16.7 Å². The maximum Gasteiger partial charge on any atom is 0.266 e. The quantitative estimate of drug-likeness (QED) is 0.414. The summed E-state index contributed by atoms with van der Waals surface area (Å²) in [6.45, 7) is 1.17. The van der Waals surface area contributed by atoms with Crippen molar-refractivity contribution >= 4 is 34.6 Å². The number of rotatable bonds is 8. The summed E-state index contributed by atoms with van der Waals surface area (Å²) >= 11 is 1.35. The van der Waals surface area contributed by atoms with Gasteiger partial charge in [-0.15, -0.1) is 0 Å². The number of nitriles is 1. The number of amidine groups is 1. The summed E-state index contributed by atoms with van der Waals surface area (Å²) in [7, 11) is 1.61. The van der Waals surface area contributed by atoms with Gasteiger partial charge >= 0.3 is 0 Å². The van der Waals surface area contributed by atoms with Crippen LogP contribution in [0.15, 0.2) is 88.8 Å². The second kappa shape index (κ2) is 11.3. The van der Waals surface area contributed by atoms with Crippen molar-refractivity contribution in [1.29, 1.82) is 5.26 Å². The Bertz CT molecular complexity index is 1250. The second-order valence-corrected chi connectivity index (χ2v) is 8.43. The smallest absolute Gasteiger partial charge is 0.266 e. The fraction of sp³-hybridized carbons (Fsp3) is 0.148. The van der Waals surface area contributed by atoms with Crippen molar-refractivity contribution in [2.24, 2.45) is 4.99 Å². The molecule has 3 aromatic carbocycles. The number of nitrogens with zero attached hydrogens (tertiary/aromatic N) is 3. The van der Waals surface area contributed by atoms with Crippen LogP contribution in [0, 0.1) is 11.3 Å². The van der Waals surface area contributed by atoms with Gasteiger partial charge in [0.15, 0.2) is 5.17 Å². The van der Waals surface area contributed by atoms with Crippen LogP contribution in [0.5, 0.6) is 5.75 Å². The van der Waals surface area contributed by atoms with E-state index in [1.54, 1.807) is 18.1 Å². The van der Waals surface area contributed by atoms with E-state index in [9.17, 15) is 10.1 Å². The third-order valence-electron chi connectivity index (χ3n) is 5.10. The van der Waals surface area contributed by atoms with Crippen LogP contribution in [0.4, 0.5) is 5.69 Å². The number of methoxy groups -OCH3 is 1. The summed E-state index contributed by atoms with van der Waals surface area (Å²) in [5, 5.41) is 9.85. The topological polar surface area (TPSA) is 74.9 Å². The molecule has 1 aliphatic heterocycles. The van der Waals surface area contributed by atoms with E-state index < -0.39 is 0 Å². The van der Waals surface area contributed by atoms with E-state index in [4.69, 9.17) is 9.47 Å². The lowest BCUT2D eigenvalue weighted by Crippen LogP contribution is -2.32. The molecule has 1 heterocycles. The van der Waals surface area contributed by atoms with E-state index in [2.05, 4.69) is 11.1 Å². The van der Waals surface area contributed by atoms with Crippen molar-refractivity contribution in [2.45, 2.75) is 6.61 Å². The monoisotopic (exact) mass is 469 g/mol. The molecular formula is C27H23N3O3S. The molecule has 0 unspecified atom stereocenters. The highest BCUT2D eigenvalue weighted by molar-refractivity contribution is 8.18. The number of carbonyl (C=O) groups excluding carboxylic acids is 1. The zero-order valence-electron chi connectivity index (χ0n) is 18.7. The van der Waals surface area contributed by atoms with Crippen LogP contribution in [-0.4, -0.2) is 36.2 Å². The van der Waals surface area contributed by atoms with Gasteiger partial charge in [-0.1, -0.05) is 48.5 Å². The number of hydrogen-bond donors (Lipinski definition) is 0. The summed E-state index contributed by atoms with van der Waals surface area (Å²) in [5.41, 5.74) is 3.12. The molecule has 0 bridgehead atoms. The van der Waals surface area contributed by atoms with E-state index in [-0.39, 0.29) is 5.91 Å².